The molecular weight excluding hydrogens is 462 g/mol. The smallest absolute Gasteiger partial charge is 0.241 e. The number of carbonyl (C=O) groups is 1. The molecule has 11 heteroatoms. The molecule has 3 rings (SSSR count). The van der Waals surface area contributed by atoms with E-state index in [0.717, 1.165) is 5.69 Å². The molecule has 2 aromatic heterocycles. The van der Waals surface area contributed by atoms with Crippen LogP contribution in [0.3, 0.4) is 0 Å². The number of amides is 1. The predicted molar refractivity (Wildman–Crippen MR) is 131 cm³/mol. The molecule has 0 saturated heterocycles. The molecule has 1 aromatic carbocycles. The van der Waals surface area contributed by atoms with Crippen LogP contribution in [-0.2, 0) is 14.8 Å². The molecule has 0 radical (unpaired) electrons. The van der Waals surface area contributed by atoms with Crippen molar-refractivity contribution < 1.29 is 17.9 Å². The minimum Gasteiger partial charge on any atom is -0.494 e. The van der Waals surface area contributed by atoms with Crippen LogP contribution in [0.5, 0.6) is 5.75 Å². The van der Waals surface area contributed by atoms with Crippen molar-refractivity contribution in [3.63, 3.8) is 0 Å². The fourth-order valence-electron chi connectivity index (χ4n) is 3.09. The summed E-state index contributed by atoms with van der Waals surface area (Å²) in [7, 11) is -0.562. The molecule has 0 aliphatic carbocycles. The Morgan fingerprint density at radius 3 is 2.42 bits per heavy atom. The van der Waals surface area contributed by atoms with E-state index < -0.39 is 15.6 Å². The van der Waals surface area contributed by atoms with E-state index in [1.165, 1.54) is 24.3 Å². The number of nitrogens with one attached hydrogen (secondary N) is 3. The van der Waals surface area contributed by atoms with Gasteiger partial charge in [0, 0.05) is 43.0 Å². The van der Waals surface area contributed by atoms with Crippen LogP contribution < -0.4 is 20.1 Å². The first kappa shape index (κ1) is 24.6. The Bertz CT molecular complexity index is 1280. The first-order chi connectivity index (χ1) is 15.4. The zero-order valence-corrected chi connectivity index (χ0v) is 20.9. The molecule has 2 heterocycles. The Labute approximate surface area is 197 Å². The highest BCUT2D eigenvalue weighted by Crippen LogP contribution is 2.39. The summed E-state index contributed by atoms with van der Waals surface area (Å²) in [6.45, 7) is 6.66. The van der Waals surface area contributed by atoms with Gasteiger partial charge in [-0.2, -0.15) is 0 Å². The topological polar surface area (TPSA) is 122 Å². The molecule has 3 aromatic rings. The summed E-state index contributed by atoms with van der Waals surface area (Å²) in [5, 5.41) is 6.24. The molecule has 9 nitrogen and oxygen atoms in total. The number of nitrogens with zero attached hydrogens (tertiary/aromatic N) is 2. The summed E-state index contributed by atoms with van der Waals surface area (Å²) < 4.78 is 34.6. The SMILES string of the molecule is CNc1cnc(-c2ncc(-c3ccc(NC(C)=O)cc3S(=O)(=O)NC(C)(C)C)s2)c(OC)c1. The second-order valence-electron chi connectivity index (χ2n) is 8.30. The summed E-state index contributed by atoms with van der Waals surface area (Å²) in [6.07, 6.45) is 3.28. The summed E-state index contributed by atoms with van der Waals surface area (Å²) in [6, 6.07) is 6.58. The Hall–Kier alpha value is -3.02. The molecule has 0 bridgehead atoms. The van der Waals surface area contributed by atoms with Crippen LogP contribution in [0.4, 0.5) is 11.4 Å². The largest absolute Gasteiger partial charge is 0.494 e. The van der Waals surface area contributed by atoms with Crippen molar-refractivity contribution in [2.75, 3.05) is 24.8 Å². The molecule has 0 unspecified atom stereocenters. The van der Waals surface area contributed by atoms with Crippen molar-refractivity contribution in [2.24, 2.45) is 0 Å². The number of carbonyl (C=O) groups excluding carboxylic acids is 1. The van der Waals surface area contributed by atoms with E-state index in [1.54, 1.807) is 59.5 Å². The predicted octanol–water partition coefficient (Wildman–Crippen LogP) is 3.96. The van der Waals surface area contributed by atoms with Crippen LogP contribution in [0, 0.1) is 0 Å². The molecule has 3 N–H and O–H groups in total. The van der Waals surface area contributed by atoms with Gasteiger partial charge in [-0.05, 0) is 32.9 Å². The van der Waals surface area contributed by atoms with Gasteiger partial charge in [0.25, 0.3) is 0 Å². The average molecular weight is 490 g/mol. The molecule has 176 valence electrons. The maximum absolute atomic E-state index is 13.2. The van der Waals surface area contributed by atoms with Crippen molar-refractivity contribution in [1.29, 1.82) is 0 Å². The average Bonchev–Trinajstić information content (AvgIpc) is 3.21. The second kappa shape index (κ2) is 9.46. The highest BCUT2D eigenvalue weighted by Gasteiger charge is 2.27. The van der Waals surface area contributed by atoms with E-state index in [-0.39, 0.29) is 10.8 Å². The molecule has 0 aliphatic rings. The van der Waals surface area contributed by atoms with Crippen LogP contribution in [-0.4, -0.2) is 44.0 Å². The Balaban J connectivity index is 2.12. The summed E-state index contributed by atoms with van der Waals surface area (Å²) in [5.74, 6) is 0.254. The van der Waals surface area contributed by atoms with Crippen LogP contribution in [0.15, 0.2) is 41.6 Å². The third-order valence-electron chi connectivity index (χ3n) is 4.37. The molecule has 1 amide bonds. The number of anilines is 2. The van der Waals surface area contributed by atoms with Gasteiger partial charge in [-0.15, -0.1) is 11.3 Å². The normalized spacial score (nSPS) is 11.8. The maximum atomic E-state index is 13.2. The van der Waals surface area contributed by atoms with E-state index in [1.807, 2.05) is 6.07 Å². The Morgan fingerprint density at radius 1 is 1.09 bits per heavy atom. The first-order valence-electron chi connectivity index (χ1n) is 10.1. The van der Waals surface area contributed by atoms with Crippen molar-refractivity contribution in [1.82, 2.24) is 14.7 Å². The van der Waals surface area contributed by atoms with E-state index >= 15 is 0 Å². The first-order valence-corrected chi connectivity index (χ1v) is 12.4. The number of sulfonamides is 1. The van der Waals surface area contributed by atoms with Gasteiger partial charge < -0.3 is 15.4 Å². The van der Waals surface area contributed by atoms with Gasteiger partial charge in [0.05, 0.1) is 28.8 Å². The van der Waals surface area contributed by atoms with E-state index in [2.05, 4.69) is 25.3 Å². The van der Waals surface area contributed by atoms with Gasteiger partial charge in [0.1, 0.15) is 16.5 Å². The Kier molecular flexibility index (Phi) is 7.06. The van der Waals surface area contributed by atoms with E-state index in [4.69, 9.17) is 4.74 Å². The minimum atomic E-state index is -3.90. The van der Waals surface area contributed by atoms with Crippen LogP contribution in [0.2, 0.25) is 0 Å². The lowest BCUT2D eigenvalue weighted by molar-refractivity contribution is -0.114. The standard InChI is InChI=1S/C22H27N5O4S2/c1-13(28)26-14-7-8-16(19(10-14)33(29,30)27-22(2,3)4)18-12-25-21(32-18)20-17(31-6)9-15(23-5)11-24-20/h7-12,23,27H,1-6H3,(H,26,28). The van der Waals surface area contributed by atoms with Gasteiger partial charge in [-0.3, -0.25) is 4.79 Å². The molecule has 0 fully saturated rings. The zero-order chi connectivity index (χ0) is 24.4. The summed E-state index contributed by atoms with van der Waals surface area (Å²) in [5.41, 5.74) is 1.51. The van der Waals surface area contributed by atoms with Crippen molar-refractivity contribution in [3.8, 4) is 26.9 Å². The molecule has 0 atom stereocenters. The molecular formula is C22H27N5O4S2. The third kappa shape index (κ3) is 5.86. The number of methoxy groups -OCH3 is 1. The highest BCUT2D eigenvalue weighted by atomic mass is 32.2. The number of ether oxygens (including phenoxy) is 1. The maximum Gasteiger partial charge on any atom is 0.241 e. The monoisotopic (exact) mass is 489 g/mol. The van der Waals surface area contributed by atoms with Gasteiger partial charge in [-0.1, -0.05) is 6.07 Å². The molecule has 0 spiro atoms. The number of pyridine rings is 1. The quantitative estimate of drug-likeness (QED) is 0.459. The van der Waals surface area contributed by atoms with Crippen molar-refractivity contribution in [2.45, 2.75) is 38.1 Å². The van der Waals surface area contributed by atoms with Crippen molar-refractivity contribution in [3.05, 3.63) is 36.7 Å². The fourth-order valence-corrected chi connectivity index (χ4v) is 5.78. The lowest BCUT2D eigenvalue weighted by Gasteiger charge is -2.22. The number of hydrogen-bond acceptors (Lipinski definition) is 8. The van der Waals surface area contributed by atoms with E-state index in [0.29, 0.717) is 32.6 Å². The lowest BCUT2D eigenvalue weighted by atomic mass is 10.1. The Morgan fingerprint density at radius 2 is 1.82 bits per heavy atom. The number of hydrogen-bond donors (Lipinski definition) is 3. The number of aromatic nitrogens is 2. The summed E-state index contributed by atoms with van der Waals surface area (Å²) in [4.78, 5) is 21.1. The molecule has 0 aliphatic heterocycles. The summed E-state index contributed by atoms with van der Waals surface area (Å²) >= 11 is 1.30. The fraction of sp³-hybridized carbons (Fsp3) is 0.318. The minimum absolute atomic E-state index is 0.0457. The number of thiazole rings is 1. The van der Waals surface area contributed by atoms with Gasteiger partial charge in [0.2, 0.25) is 15.9 Å². The molecule has 0 saturated carbocycles. The van der Waals surface area contributed by atoms with Crippen LogP contribution >= 0.6 is 11.3 Å². The third-order valence-corrected chi connectivity index (χ3v) is 7.20. The molecule has 33 heavy (non-hydrogen) atoms. The van der Waals surface area contributed by atoms with Gasteiger partial charge in [-0.25, -0.2) is 23.1 Å². The second-order valence-corrected chi connectivity index (χ2v) is 11.0. The van der Waals surface area contributed by atoms with Crippen molar-refractivity contribution >= 4 is 38.6 Å². The van der Waals surface area contributed by atoms with E-state index in [9.17, 15) is 13.2 Å². The number of benzene rings is 1. The lowest BCUT2D eigenvalue weighted by Crippen LogP contribution is -2.40. The highest BCUT2D eigenvalue weighted by molar-refractivity contribution is 7.89. The van der Waals surface area contributed by atoms with Gasteiger partial charge in [0.15, 0.2) is 0 Å². The van der Waals surface area contributed by atoms with Crippen LogP contribution in [0.25, 0.3) is 21.1 Å². The van der Waals surface area contributed by atoms with Gasteiger partial charge >= 0.3 is 0 Å². The number of rotatable bonds is 7. The zero-order valence-electron chi connectivity index (χ0n) is 19.3. The van der Waals surface area contributed by atoms with Crippen LogP contribution in [0.1, 0.15) is 27.7 Å².